The van der Waals surface area contributed by atoms with Crippen molar-refractivity contribution in [2.75, 3.05) is 0 Å². The lowest BCUT2D eigenvalue weighted by Gasteiger charge is -2.19. The summed E-state index contributed by atoms with van der Waals surface area (Å²) in [5.41, 5.74) is 6.30. The Kier molecular flexibility index (Phi) is 6.22. The maximum Gasteiger partial charge on any atom is 0.416 e. The Morgan fingerprint density at radius 1 is 0.532 bits per heavy atom. The van der Waals surface area contributed by atoms with Gasteiger partial charge in [0.05, 0.1) is 50.6 Å². The number of alkyl halides is 3. The van der Waals surface area contributed by atoms with Crippen molar-refractivity contribution in [3.05, 3.63) is 144 Å². The fourth-order valence-electron chi connectivity index (χ4n) is 6.76. The van der Waals surface area contributed by atoms with E-state index in [9.17, 15) is 23.7 Å². The highest BCUT2D eigenvalue weighted by atomic mass is 19.4. The normalized spacial score (nSPS) is 11.8. The van der Waals surface area contributed by atoms with E-state index in [-0.39, 0.29) is 0 Å². The maximum absolute atomic E-state index is 14.1. The van der Waals surface area contributed by atoms with Gasteiger partial charge in [-0.05, 0) is 78.2 Å². The number of nitriles is 2. The lowest BCUT2D eigenvalue weighted by molar-refractivity contribution is -0.137. The number of fused-ring (bicyclic) bond motifs is 6. The Bertz CT molecular complexity index is 2660. The summed E-state index contributed by atoms with van der Waals surface area (Å²) in [5, 5.41) is 24.1. The zero-order chi connectivity index (χ0) is 32.4. The van der Waals surface area contributed by atoms with Gasteiger partial charge in [0.1, 0.15) is 11.6 Å². The molecule has 8 aromatic rings. The predicted molar refractivity (Wildman–Crippen MR) is 180 cm³/mol. The summed E-state index contributed by atoms with van der Waals surface area (Å²) in [7, 11) is 0. The van der Waals surface area contributed by atoms with Gasteiger partial charge >= 0.3 is 6.18 Å². The first-order chi connectivity index (χ1) is 22.8. The number of para-hydroxylation sites is 2. The molecule has 0 fully saturated rings. The van der Waals surface area contributed by atoms with Crippen LogP contribution < -0.4 is 0 Å². The summed E-state index contributed by atoms with van der Waals surface area (Å²) >= 11 is 0. The van der Waals surface area contributed by atoms with Gasteiger partial charge in [0, 0.05) is 21.5 Å². The first-order valence-electron chi connectivity index (χ1n) is 15.0. The third-order valence-corrected chi connectivity index (χ3v) is 8.85. The van der Waals surface area contributed by atoms with Crippen LogP contribution in [0, 0.1) is 29.6 Å². The second-order valence-corrected chi connectivity index (χ2v) is 11.6. The van der Waals surface area contributed by atoms with Crippen LogP contribution in [0.2, 0.25) is 0 Å². The summed E-state index contributed by atoms with van der Waals surface area (Å²) < 4.78 is 46.1. The molecule has 0 aliphatic rings. The minimum Gasteiger partial charge on any atom is -0.308 e. The molecule has 0 aliphatic carbocycles. The molecule has 0 saturated carbocycles. The van der Waals surface area contributed by atoms with Crippen LogP contribution in [0.3, 0.4) is 0 Å². The largest absolute Gasteiger partial charge is 0.416 e. The average Bonchev–Trinajstić information content (AvgIpc) is 3.59. The lowest BCUT2D eigenvalue weighted by atomic mass is 9.98. The molecule has 0 spiro atoms. The third-order valence-electron chi connectivity index (χ3n) is 8.85. The van der Waals surface area contributed by atoms with Crippen LogP contribution in [0.4, 0.5) is 13.2 Å². The molecule has 2 aromatic heterocycles. The van der Waals surface area contributed by atoms with Crippen LogP contribution in [-0.2, 0) is 6.18 Å². The molecule has 0 aliphatic heterocycles. The molecule has 2 heterocycles. The van der Waals surface area contributed by atoms with E-state index in [0.29, 0.717) is 44.5 Å². The monoisotopic (exact) mass is 616 g/mol. The van der Waals surface area contributed by atoms with Crippen molar-refractivity contribution in [1.29, 1.82) is 10.5 Å². The fraction of sp³-hybridized carbons (Fsp3) is 0.0500. The summed E-state index contributed by atoms with van der Waals surface area (Å²) in [6, 6.07) is 40.9. The second kappa shape index (κ2) is 10.4. The molecule has 224 valence electrons. The molecule has 0 saturated heterocycles. The zero-order valence-electron chi connectivity index (χ0n) is 25.0. The Hall–Kier alpha value is -6.31. The molecule has 6 aromatic carbocycles. The van der Waals surface area contributed by atoms with Crippen molar-refractivity contribution in [3.63, 3.8) is 0 Å². The number of nitrogens with zero attached hydrogens (tertiary/aromatic N) is 4. The Labute approximate surface area is 267 Å². The van der Waals surface area contributed by atoms with E-state index >= 15 is 0 Å². The van der Waals surface area contributed by atoms with E-state index in [1.54, 1.807) is 22.8 Å². The van der Waals surface area contributed by atoms with Crippen molar-refractivity contribution < 1.29 is 13.2 Å². The number of hydrogen-bond acceptors (Lipinski definition) is 2. The molecule has 4 nitrogen and oxygen atoms in total. The highest BCUT2D eigenvalue weighted by Gasteiger charge is 2.31. The van der Waals surface area contributed by atoms with Crippen molar-refractivity contribution in [2.24, 2.45) is 0 Å². The molecule has 0 bridgehead atoms. The first-order valence-corrected chi connectivity index (χ1v) is 15.0. The topological polar surface area (TPSA) is 57.4 Å². The highest BCUT2D eigenvalue weighted by molar-refractivity contribution is 6.11. The highest BCUT2D eigenvalue weighted by Crippen LogP contribution is 2.41. The van der Waals surface area contributed by atoms with Crippen molar-refractivity contribution >= 4 is 43.6 Å². The lowest BCUT2D eigenvalue weighted by Crippen LogP contribution is -2.07. The van der Waals surface area contributed by atoms with Crippen molar-refractivity contribution in [2.45, 2.75) is 13.1 Å². The van der Waals surface area contributed by atoms with Crippen LogP contribution in [-0.4, -0.2) is 9.13 Å². The van der Waals surface area contributed by atoms with Gasteiger partial charge < -0.3 is 9.13 Å². The second-order valence-electron chi connectivity index (χ2n) is 11.6. The van der Waals surface area contributed by atoms with Crippen LogP contribution in [0.5, 0.6) is 0 Å². The summed E-state index contributed by atoms with van der Waals surface area (Å²) in [6.07, 6.45) is -4.56. The van der Waals surface area contributed by atoms with Gasteiger partial charge in [-0.2, -0.15) is 23.7 Å². The van der Waals surface area contributed by atoms with Crippen LogP contribution in [0.25, 0.3) is 66.1 Å². The number of aryl methyl sites for hydroxylation is 1. The van der Waals surface area contributed by atoms with Crippen molar-refractivity contribution in [1.82, 2.24) is 9.13 Å². The van der Waals surface area contributed by atoms with E-state index in [4.69, 9.17) is 0 Å². The molecule has 47 heavy (non-hydrogen) atoms. The predicted octanol–water partition coefficient (Wildman–Crippen LogP) is 10.6. The van der Waals surface area contributed by atoms with Crippen LogP contribution in [0.15, 0.2) is 121 Å². The van der Waals surface area contributed by atoms with Gasteiger partial charge in [0.15, 0.2) is 0 Å². The Balaban J connectivity index is 1.57. The number of aromatic nitrogens is 2. The molecule has 0 amide bonds. The molecule has 0 N–H and O–H groups in total. The summed E-state index contributed by atoms with van der Waals surface area (Å²) in [4.78, 5) is 0. The van der Waals surface area contributed by atoms with E-state index in [1.165, 1.54) is 6.07 Å². The van der Waals surface area contributed by atoms with Gasteiger partial charge in [-0.3, -0.25) is 0 Å². The number of rotatable bonds is 3. The number of halogens is 3. The summed E-state index contributed by atoms with van der Waals surface area (Å²) in [6.45, 7) is 2.01. The number of hydrogen-bond donors (Lipinski definition) is 0. The zero-order valence-corrected chi connectivity index (χ0v) is 25.0. The SMILES string of the molecule is Cc1ccc2c3ccccc3n(-c3cc(-c4cccc(C#N)c4)cc(-n4c5ccccc5c5ccc(C(F)(F)F)cc54)c3C#N)c2c1. The Morgan fingerprint density at radius 2 is 1.11 bits per heavy atom. The molecule has 8 rings (SSSR count). The van der Waals surface area contributed by atoms with E-state index in [2.05, 4.69) is 34.9 Å². The molecular weight excluding hydrogens is 593 g/mol. The summed E-state index contributed by atoms with van der Waals surface area (Å²) in [5.74, 6) is 0. The van der Waals surface area contributed by atoms with Crippen LogP contribution >= 0.6 is 0 Å². The Morgan fingerprint density at radius 3 is 1.70 bits per heavy atom. The molecule has 0 unspecified atom stereocenters. The van der Waals surface area contributed by atoms with E-state index in [1.807, 2.05) is 73.7 Å². The fourth-order valence-corrected chi connectivity index (χ4v) is 6.76. The smallest absolute Gasteiger partial charge is 0.308 e. The minimum atomic E-state index is -4.56. The van der Waals surface area contributed by atoms with Gasteiger partial charge in [0.2, 0.25) is 0 Å². The first kappa shape index (κ1) is 28.2. The van der Waals surface area contributed by atoms with Gasteiger partial charge in [-0.1, -0.05) is 66.7 Å². The molecule has 7 heteroatoms. The quantitative estimate of drug-likeness (QED) is 0.198. The van der Waals surface area contributed by atoms with Gasteiger partial charge in [0.25, 0.3) is 0 Å². The minimum absolute atomic E-state index is 0.300. The van der Waals surface area contributed by atoms with E-state index in [0.717, 1.165) is 50.5 Å². The van der Waals surface area contributed by atoms with Crippen LogP contribution in [0.1, 0.15) is 22.3 Å². The van der Waals surface area contributed by atoms with E-state index < -0.39 is 11.7 Å². The van der Waals surface area contributed by atoms with Gasteiger partial charge in [-0.25, -0.2) is 0 Å². The molecular formula is C40H23F3N4. The van der Waals surface area contributed by atoms with Crippen molar-refractivity contribution in [3.8, 4) is 34.6 Å². The molecule has 0 radical (unpaired) electrons. The third kappa shape index (κ3) is 4.36. The average molecular weight is 617 g/mol. The number of benzene rings is 6. The van der Waals surface area contributed by atoms with Gasteiger partial charge in [-0.15, -0.1) is 0 Å². The molecule has 0 atom stereocenters. The maximum atomic E-state index is 14.1. The standard InChI is InChI=1S/C40H23F3N4/c1-24-13-15-31-29-9-2-4-11-34(29)46(36(31)17-24)37-19-27(26-8-6-7-25(18-26)22-44)20-38(33(37)23-45)47-35-12-5-3-10-30(35)32-16-14-28(21-39(32)47)40(41,42)43/h2-21H,1H3.